The third-order valence-electron chi connectivity index (χ3n) is 3.98. The first kappa shape index (κ1) is 9.83. The van der Waals surface area contributed by atoms with Crippen molar-refractivity contribution in [1.82, 2.24) is 4.98 Å². The predicted octanol–water partition coefficient (Wildman–Crippen LogP) is 3.68. The van der Waals surface area contributed by atoms with Crippen LogP contribution in [0.4, 0.5) is 0 Å². The maximum atomic E-state index is 4.60. The van der Waals surface area contributed by atoms with Crippen molar-refractivity contribution in [3.8, 4) is 0 Å². The van der Waals surface area contributed by atoms with Crippen molar-refractivity contribution < 1.29 is 0 Å². The average molecular weight is 266 g/mol. The molecule has 80 valence electrons. The highest BCUT2D eigenvalue weighted by molar-refractivity contribution is 9.09. The Bertz CT molecular complexity index is 363. The quantitative estimate of drug-likeness (QED) is 0.707. The fraction of sp³-hybridized carbons (Fsp3) is 0.615. The van der Waals surface area contributed by atoms with Gasteiger partial charge in [-0.25, -0.2) is 0 Å². The van der Waals surface area contributed by atoms with Crippen LogP contribution < -0.4 is 0 Å². The van der Waals surface area contributed by atoms with Crippen molar-refractivity contribution in [2.75, 3.05) is 0 Å². The van der Waals surface area contributed by atoms with Crippen LogP contribution in [0.3, 0.4) is 0 Å². The van der Waals surface area contributed by atoms with Crippen LogP contribution in [0.15, 0.2) is 18.3 Å². The minimum absolute atomic E-state index is 0.753. The summed E-state index contributed by atoms with van der Waals surface area (Å²) < 4.78 is 0. The molecule has 0 bridgehead atoms. The van der Waals surface area contributed by atoms with Crippen LogP contribution >= 0.6 is 15.9 Å². The van der Waals surface area contributed by atoms with Gasteiger partial charge in [0, 0.05) is 22.6 Å². The summed E-state index contributed by atoms with van der Waals surface area (Å²) >= 11 is 3.75. The van der Waals surface area contributed by atoms with Gasteiger partial charge in [0.15, 0.2) is 0 Å². The van der Waals surface area contributed by atoms with Crippen LogP contribution in [0.1, 0.15) is 42.9 Å². The van der Waals surface area contributed by atoms with E-state index in [1.165, 1.54) is 43.4 Å². The van der Waals surface area contributed by atoms with E-state index in [0.29, 0.717) is 0 Å². The second-order valence-corrected chi connectivity index (χ2v) is 6.16. The zero-order valence-corrected chi connectivity index (χ0v) is 10.4. The SMILES string of the molecule is BrC1CCC(C2CCc3cccnc32)C1. The Morgan fingerprint density at radius 3 is 3.00 bits per heavy atom. The summed E-state index contributed by atoms with van der Waals surface area (Å²) in [6.07, 6.45) is 8.62. The summed E-state index contributed by atoms with van der Waals surface area (Å²) in [6, 6.07) is 4.33. The van der Waals surface area contributed by atoms with Crippen LogP contribution in [0.2, 0.25) is 0 Å². The molecule has 0 saturated heterocycles. The minimum Gasteiger partial charge on any atom is -0.261 e. The molecule has 1 heterocycles. The Hall–Kier alpha value is -0.370. The molecule has 3 unspecified atom stereocenters. The van der Waals surface area contributed by atoms with Crippen LogP contribution in [-0.2, 0) is 6.42 Å². The van der Waals surface area contributed by atoms with Gasteiger partial charge in [-0.2, -0.15) is 0 Å². The standard InChI is InChI=1S/C13H16BrN/c14-11-5-3-10(8-11)12-6-4-9-2-1-7-15-13(9)12/h1-2,7,10-12H,3-6,8H2. The Morgan fingerprint density at radius 2 is 2.20 bits per heavy atom. The second-order valence-electron chi connectivity index (χ2n) is 4.86. The maximum absolute atomic E-state index is 4.60. The lowest BCUT2D eigenvalue weighted by Crippen LogP contribution is -2.08. The smallest absolute Gasteiger partial charge is 0.0469 e. The van der Waals surface area contributed by atoms with E-state index in [9.17, 15) is 0 Å². The summed E-state index contributed by atoms with van der Waals surface area (Å²) in [7, 11) is 0. The van der Waals surface area contributed by atoms with Crippen LogP contribution in [0.5, 0.6) is 0 Å². The number of nitrogens with zero attached hydrogens (tertiary/aromatic N) is 1. The number of hydrogen-bond acceptors (Lipinski definition) is 1. The van der Waals surface area contributed by atoms with Crippen LogP contribution in [0, 0.1) is 5.92 Å². The second kappa shape index (κ2) is 3.89. The van der Waals surface area contributed by atoms with E-state index in [-0.39, 0.29) is 0 Å². The van der Waals surface area contributed by atoms with Gasteiger partial charge in [-0.1, -0.05) is 22.0 Å². The highest BCUT2D eigenvalue weighted by Crippen LogP contribution is 2.45. The highest BCUT2D eigenvalue weighted by atomic mass is 79.9. The number of alkyl halides is 1. The fourth-order valence-electron chi connectivity index (χ4n) is 3.23. The van der Waals surface area contributed by atoms with Gasteiger partial charge in [0.25, 0.3) is 0 Å². The van der Waals surface area contributed by atoms with E-state index in [0.717, 1.165) is 16.7 Å². The first-order chi connectivity index (χ1) is 7.34. The van der Waals surface area contributed by atoms with Crippen molar-refractivity contribution in [3.05, 3.63) is 29.6 Å². The van der Waals surface area contributed by atoms with E-state index < -0.39 is 0 Å². The lowest BCUT2D eigenvalue weighted by Gasteiger charge is -2.18. The van der Waals surface area contributed by atoms with E-state index in [2.05, 4.69) is 33.0 Å². The van der Waals surface area contributed by atoms with Gasteiger partial charge in [0.2, 0.25) is 0 Å². The number of aryl methyl sites for hydroxylation is 1. The Kier molecular flexibility index (Phi) is 2.55. The van der Waals surface area contributed by atoms with Crippen molar-refractivity contribution in [3.63, 3.8) is 0 Å². The molecule has 3 atom stereocenters. The summed E-state index contributed by atoms with van der Waals surface area (Å²) in [5.41, 5.74) is 2.91. The first-order valence-electron chi connectivity index (χ1n) is 5.92. The Balaban J connectivity index is 1.85. The molecule has 3 rings (SSSR count). The fourth-order valence-corrected chi connectivity index (χ4v) is 3.97. The molecule has 0 spiro atoms. The molecule has 1 saturated carbocycles. The summed E-state index contributed by atoms with van der Waals surface area (Å²) in [6.45, 7) is 0. The van der Waals surface area contributed by atoms with Crippen molar-refractivity contribution in [1.29, 1.82) is 0 Å². The van der Waals surface area contributed by atoms with Crippen LogP contribution in [-0.4, -0.2) is 9.81 Å². The number of rotatable bonds is 1. The molecule has 1 aromatic rings. The van der Waals surface area contributed by atoms with Crippen molar-refractivity contribution in [2.24, 2.45) is 5.92 Å². The number of halogens is 1. The molecular weight excluding hydrogens is 250 g/mol. The molecule has 2 aliphatic rings. The Morgan fingerprint density at radius 1 is 1.27 bits per heavy atom. The molecule has 15 heavy (non-hydrogen) atoms. The van der Waals surface area contributed by atoms with Crippen molar-refractivity contribution >= 4 is 15.9 Å². The van der Waals surface area contributed by atoms with Gasteiger partial charge in [-0.15, -0.1) is 0 Å². The highest BCUT2D eigenvalue weighted by Gasteiger charge is 2.34. The molecule has 0 aromatic carbocycles. The molecule has 0 aliphatic heterocycles. The summed E-state index contributed by atoms with van der Waals surface area (Å²) in [5, 5.41) is 0. The molecule has 1 aromatic heterocycles. The third kappa shape index (κ3) is 1.73. The van der Waals surface area contributed by atoms with Gasteiger partial charge in [0.05, 0.1) is 0 Å². The maximum Gasteiger partial charge on any atom is 0.0469 e. The summed E-state index contributed by atoms with van der Waals surface area (Å²) in [5.74, 6) is 1.63. The van der Waals surface area contributed by atoms with Crippen LogP contribution in [0.25, 0.3) is 0 Å². The van der Waals surface area contributed by atoms with Gasteiger partial charge >= 0.3 is 0 Å². The molecule has 0 radical (unpaired) electrons. The van der Waals surface area contributed by atoms with E-state index in [1.54, 1.807) is 0 Å². The molecule has 2 heteroatoms. The molecule has 1 fully saturated rings. The van der Waals surface area contributed by atoms with Gasteiger partial charge < -0.3 is 0 Å². The predicted molar refractivity (Wildman–Crippen MR) is 65.4 cm³/mol. The minimum atomic E-state index is 0.753. The molecule has 2 aliphatic carbocycles. The summed E-state index contributed by atoms with van der Waals surface area (Å²) in [4.78, 5) is 5.35. The zero-order chi connectivity index (χ0) is 10.3. The Labute approximate surface area is 99.4 Å². The van der Waals surface area contributed by atoms with E-state index >= 15 is 0 Å². The number of aromatic nitrogens is 1. The normalized spacial score (nSPS) is 34.3. The molecule has 0 N–H and O–H groups in total. The lowest BCUT2D eigenvalue weighted by atomic mass is 9.89. The topological polar surface area (TPSA) is 12.9 Å². The monoisotopic (exact) mass is 265 g/mol. The molecule has 1 nitrogen and oxygen atoms in total. The largest absolute Gasteiger partial charge is 0.261 e. The first-order valence-corrected chi connectivity index (χ1v) is 6.84. The zero-order valence-electron chi connectivity index (χ0n) is 8.82. The molecule has 0 amide bonds. The van der Waals surface area contributed by atoms with Gasteiger partial charge in [-0.05, 0) is 49.7 Å². The van der Waals surface area contributed by atoms with Gasteiger partial charge in [0.1, 0.15) is 0 Å². The number of hydrogen-bond donors (Lipinski definition) is 0. The number of pyridine rings is 1. The van der Waals surface area contributed by atoms with E-state index in [4.69, 9.17) is 0 Å². The number of fused-ring (bicyclic) bond motifs is 1. The molecular formula is C13H16BrN. The van der Waals surface area contributed by atoms with Gasteiger partial charge in [-0.3, -0.25) is 4.98 Å². The third-order valence-corrected chi connectivity index (χ3v) is 4.81. The average Bonchev–Trinajstić information content (AvgIpc) is 2.83. The van der Waals surface area contributed by atoms with Crippen molar-refractivity contribution in [2.45, 2.75) is 42.8 Å². The van der Waals surface area contributed by atoms with E-state index in [1.807, 2.05) is 6.20 Å². The lowest BCUT2D eigenvalue weighted by molar-refractivity contribution is 0.427.